The molecule has 1 heterocycles. The molecule has 0 bridgehead atoms. The molecule has 0 unspecified atom stereocenters. The minimum Gasteiger partial charge on any atom is -0.329 e. The fourth-order valence-electron chi connectivity index (χ4n) is 1.71. The largest absolute Gasteiger partial charge is 0.422 e. The van der Waals surface area contributed by atoms with Crippen molar-refractivity contribution in [2.75, 3.05) is 0 Å². The Balaban J connectivity index is 2.78. The summed E-state index contributed by atoms with van der Waals surface area (Å²) in [5, 5.41) is 0.0422. The molecule has 0 aliphatic heterocycles. The lowest BCUT2D eigenvalue weighted by Gasteiger charge is -2.12. The molecule has 8 heteroatoms. The maximum Gasteiger partial charge on any atom is 0.422 e. The van der Waals surface area contributed by atoms with E-state index in [-0.39, 0.29) is 26.2 Å². The Morgan fingerprint density at radius 3 is 2.10 bits per heavy atom. The first-order chi connectivity index (χ1) is 9.21. The maximum absolute atomic E-state index is 13.0. The SMILES string of the molecule is O=c1[nH]ccc(-c2cc(Cl)c(Cl)c(Cl)c2)c1C(F)(F)F. The van der Waals surface area contributed by atoms with Crippen LogP contribution in [0.25, 0.3) is 11.1 Å². The van der Waals surface area contributed by atoms with E-state index in [1.54, 1.807) is 0 Å². The van der Waals surface area contributed by atoms with E-state index in [1.807, 2.05) is 4.98 Å². The van der Waals surface area contributed by atoms with Gasteiger partial charge < -0.3 is 4.98 Å². The second kappa shape index (κ2) is 5.31. The number of hydrogen-bond acceptors (Lipinski definition) is 1. The van der Waals surface area contributed by atoms with Gasteiger partial charge in [-0.05, 0) is 23.8 Å². The van der Waals surface area contributed by atoms with Crippen molar-refractivity contribution < 1.29 is 13.2 Å². The summed E-state index contributed by atoms with van der Waals surface area (Å²) in [6, 6.07) is 3.57. The van der Waals surface area contributed by atoms with E-state index in [0.29, 0.717) is 0 Å². The van der Waals surface area contributed by atoms with E-state index >= 15 is 0 Å². The number of pyridine rings is 1. The molecule has 0 atom stereocenters. The van der Waals surface area contributed by atoms with Gasteiger partial charge in [-0.25, -0.2) is 0 Å². The number of H-pyrrole nitrogens is 1. The Kier molecular flexibility index (Phi) is 4.04. The summed E-state index contributed by atoms with van der Waals surface area (Å²) in [4.78, 5) is 13.4. The Hall–Kier alpha value is -1.17. The van der Waals surface area contributed by atoms with Crippen LogP contribution in [0.5, 0.6) is 0 Å². The van der Waals surface area contributed by atoms with E-state index in [9.17, 15) is 18.0 Å². The van der Waals surface area contributed by atoms with Gasteiger partial charge in [0.05, 0.1) is 15.1 Å². The monoisotopic (exact) mass is 341 g/mol. The number of nitrogens with one attached hydrogen (secondary N) is 1. The number of benzene rings is 1. The van der Waals surface area contributed by atoms with Crippen LogP contribution in [0.1, 0.15) is 5.56 Å². The van der Waals surface area contributed by atoms with Crippen LogP contribution in [0.4, 0.5) is 13.2 Å². The van der Waals surface area contributed by atoms with Crippen LogP contribution in [0.15, 0.2) is 29.2 Å². The molecular weight excluding hydrogens is 337 g/mol. The van der Waals surface area contributed by atoms with Gasteiger partial charge in [0.1, 0.15) is 5.56 Å². The summed E-state index contributed by atoms with van der Waals surface area (Å²) < 4.78 is 38.9. The van der Waals surface area contributed by atoms with Crippen molar-refractivity contribution in [2.24, 2.45) is 0 Å². The standard InChI is InChI=1S/C12H5Cl3F3NO/c13-7-3-5(4-8(14)10(7)15)6-1-2-19-11(20)9(6)12(16,17)18/h1-4H,(H,19,20). The van der Waals surface area contributed by atoms with Gasteiger partial charge in [-0.3, -0.25) is 4.79 Å². The first-order valence-corrected chi connectivity index (χ1v) is 6.29. The number of hydrogen-bond donors (Lipinski definition) is 1. The molecule has 1 N–H and O–H groups in total. The van der Waals surface area contributed by atoms with Gasteiger partial charge in [-0.2, -0.15) is 13.2 Å². The summed E-state index contributed by atoms with van der Waals surface area (Å²) in [5.41, 5.74) is -2.81. The van der Waals surface area contributed by atoms with E-state index in [4.69, 9.17) is 34.8 Å². The van der Waals surface area contributed by atoms with Crippen LogP contribution < -0.4 is 5.56 Å². The fourth-order valence-corrected chi connectivity index (χ4v) is 2.31. The second-order valence-electron chi connectivity index (χ2n) is 3.85. The molecule has 0 aliphatic carbocycles. The Labute approximate surface area is 126 Å². The van der Waals surface area contributed by atoms with Crippen molar-refractivity contribution >= 4 is 34.8 Å². The average molecular weight is 343 g/mol. The molecule has 0 spiro atoms. The smallest absolute Gasteiger partial charge is 0.329 e. The minimum absolute atomic E-state index is 0.00238. The summed E-state index contributed by atoms with van der Waals surface area (Å²) in [6.07, 6.45) is -3.69. The van der Waals surface area contributed by atoms with E-state index < -0.39 is 17.3 Å². The predicted molar refractivity (Wildman–Crippen MR) is 72.5 cm³/mol. The maximum atomic E-state index is 13.0. The first kappa shape index (κ1) is 15.2. The number of halogens is 6. The summed E-state index contributed by atoms with van der Waals surface area (Å²) in [6.45, 7) is 0. The number of aromatic amines is 1. The van der Waals surface area contributed by atoms with Crippen LogP contribution in [0.2, 0.25) is 15.1 Å². The lowest BCUT2D eigenvalue weighted by molar-refractivity contribution is -0.138. The predicted octanol–water partition coefficient (Wildman–Crippen LogP) is 5.02. The highest BCUT2D eigenvalue weighted by atomic mass is 35.5. The molecule has 2 aromatic rings. The molecule has 0 radical (unpaired) electrons. The van der Waals surface area contributed by atoms with E-state index in [1.165, 1.54) is 12.1 Å². The molecule has 20 heavy (non-hydrogen) atoms. The third-order valence-electron chi connectivity index (χ3n) is 2.54. The molecule has 2 rings (SSSR count). The summed E-state index contributed by atoms with van der Waals surface area (Å²) in [7, 11) is 0. The third-order valence-corrected chi connectivity index (χ3v) is 3.74. The van der Waals surface area contributed by atoms with Crippen molar-refractivity contribution in [2.45, 2.75) is 6.18 Å². The van der Waals surface area contributed by atoms with Crippen LogP contribution in [0, 0.1) is 0 Å². The first-order valence-electron chi connectivity index (χ1n) is 5.15. The molecular formula is C12H5Cl3F3NO. The topological polar surface area (TPSA) is 32.9 Å². The highest BCUT2D eigenvalue weighted by Crippen LogP contribution is 2.39. The van der Waals surface area contributed by atoms with Crippen LogP contribution in [-0.4, -0.2) is 4.98 Å². The molecule has 0 saturated heterocycles. The van der Waals surface area contributed by atoms with E-state index in [0.717, 1.165) is 12.3 Å². The van der Waals surface area contributed by atoms with Crippen LogP contribution in [-0.2, 0) is 6.18 Å². The van der Waals surface area contributed by atoms with Crippen LogP contribution in [0.3, 0.4) is 0 Å². The van der Waals surface area contributed by atoms with Gasteiger partial charge in [-0.1, -0.05) is 34.8 Å². The Bertz CT molecular complexity index is 702. The molecule has 1 aromatic carbocycles. The second-order valence-corrected chi connectivity index (χ2v) is 5.04. The third kappa shape index (κ3) is 2.80. The molecule has 0 amide bonds. The molecule has 0 aliphatic rings. The summed E-state index contributed by atoms with van der Waals surface area (Å²) in [5.74, 6) is 0. The molecule has 1 aromatic heterocycles. The van der Waals surface area contributed by atoms with Crippen molar-refractivity contribution in [3.63, 3.8) is 0 Å². The van der Waals surface area contributed by atoms with Crippen molar-refractivity contribution in [3.05, 3.63) is 55.4 Å². The minimum atomic E-state index is -4.80. The van der Waals surface area contributed by atoms with Crippen molar-refractivity contribution in [3.8, 4) is 11.1 Å². The number of aromatic nitrogens is 1. The van der Waals surface area contributed by atoms with Gasteiger partial charge in [0.15, 0.2) is 0 Å². The van der Waals surface area contributed by atoms with E-state index in [2.05, 4.69) is 0 Å². The highest BCUT2D eigenvalue weighted by Gasteiger charge is 2.37. The average Bonchev–Trinajstić information content (AvgIpc) is 2.33. The zero-order valence-electron chi connectivity index (χ0n) is 9.49. The Morgan fingerprint density at radius 2 is 1.60 bits per heavy atom. The zero-order valence-corrected chi connectivity index (χ0v) is 11.8. The lowest BCUT2D eigenvalue weighted by atomic mass is 10.0. The van der Waals surface area contributed by atoms with Gasteiger partial charge in [0.25, 0.3) is 5.56 Å². The molecule has 0 fully saturated rings. The highest BCUT2D eigenvalue weighted by molar-refractivity contribution is 6.48. The normalized spacial score (nSPS) is 11.7. The van der Waals surface area contributed by atoms with Crippen molar-refractivity contribution in [1.82, 2.24) is 4.98 Å². The quantitative estimate of drug-likeness (QED) is 0.725. The Morgan fingerprint density at radius 1 is 1.05 bits per heavy atom. The summed E-state index contributed by atoms with van der Waals surface area (Å²) >= 11 is 17.3. The number of alkyl halides is 3. The van der Waals surface area contributed by atoms with Crippen LogP contribution >= 0.6 is 34.8 Å². The van der Waals surface area contributed by atoms with Gasteiger partial charge in [0, 0.05) is 11.8 Å². The zero-order chi connectivity index (χ0) is 15.1. The van der Waals surface area contributed by atoms with Gasteiger partial charge >= 0.3 is 6.18 Å². The van der Waals surface area contributed by atoms with Gasteiger partial charge in [0.2, 0.25) is 0 Å². The molecule has 0 saturated carbocycles. The fraction of sp³-hybridized carbons (Fsp3) is 0.0833. The van der Waals surface area contributed by atoms with Gasteiger partial charge in [-0.15, -0.1) is 0 Å². The molecule has 106 valence electrons. The number of rotatable bonds is 1. The lowest BCUT2D eigenvalue weighted by Crippen LogP contribution is -2.22. The molecule has 2 nitrogen and oxygen atoms in total. The van der Waals surface area contributed by atoms with Crippen molar-refractivity contribution in [1.29, 1.82) is 0 Å².